The average molecular weight is 251 g/mol. The molecular weight excluding hydrogens is 226 g/mol. The van der Waals surface area contributed by atoms with Crippen LogP contribution < -0.4 is 4.90 Å². The summed E-state index contributed by atoms with van der Waals surface area (Å²) in [5, 5.41) is 9.45. The number of anilines is 1. The third kappa shape index (κ3) is 3.95. The molecule has 0 aliphatic carbocycles. The Balaban J connectivity index is 3.02. The van der Waals surface area contributed by atoms with Crippen LogP contribution >= 0.6 is 0 Å². The molecule has 4 heteroatoms. The van der Waals surface area contributed by atoms with Crippen molar-refractivity contribution in [1.82, 2.24) is 9.97 Å². The molecule has 1 aromatic rings. The maximum absolute atomic E-state index is 9.45. The SMILES string of the molecule is CC(C)c1ncc(N(C)CC(C)(C)C)c(CO)n1. The van der Waals surface area contributed by atoms with Gasteiger partial charge in [0.05, 0.1) is 24.2 Å². The van der Waals surface area contributed by atoms with Crippen molar-refractivity contribution in [3.05, 3.63) is 17.7 Å². The summed E-state index contributed by atoms with van der Waals surface area (Å²) in [6.07, 6.45) is 1.82. The Morgan fingerprint density at radius 1 is 1.33 bits per heavy atom. The molecule has 0 unspecified atom stereocenters. The summed E-state index contributed by atoms with van der Waals surface area (Å²) in [5.41, 5.74) is 1.82. The van der Waals surface area contributed by atoms with Gasteiger partial charge in [0, 0.05) is 19.5 Å². The smallest absolute Gasteiger partial charge is 0.131 e. The first kappa shape index (κ1) is 14.9. The molecule has 1 heterocycles. The summed E-state index contributed by atoms with van der Waals surface area (Å²) in [6, 6.07) is 0. The van der Waals surface area contributed by atoms with Gasteiger partial charge in [0.15, 0.2) is 0 Å². The van der Waals surface area contributed by atoms with Crippen molar-refractivity contribution in [3.63, 3.8) is 0 Å². The Bertz CT molecular complexity index is 397. The molecular formula is C14H25N3O. The van der Waals surface area contributed by atoms with E-state index in [1.807, 2.05) is 13.2 Å². The number of rotatable bonds is 4. The first-order valence-electron chi connectivity index (χ1n) is 6.42. The lowest BCUT2D eigenvalue weighted by Crippen LogP contribution is -2.30. The number of nitrogens with zero attached hydrogens (tertiary/aromatic N) is 3. The van der Waals surface area contributed by atoms with Crippen LogP contribution in [0.2, 0.25) is 0 Å². The highest BCUT2D eigenvalue weighted by Gasteiger charge is 2.17. The lowest BCUT2D eigenvalue weighted by Gasteiger charge is -2.29. The maximum Gasteiger partial charge on any atom is 0.131 e. The zero-order chi connectivity index (χ0) is 13.9. The summed E-state index contributed by atoms with van der Waals surface area (Å²) in [6.45, 7) is 11.5. The summed E-state index contributed by atoms with van der Waals surface area (Å²) in [5.74, 6) is 1.06. The topological polar surface area (TPSA) is 49.2 Å². The van der Waals surface area contributed by atoms with Crippen LogP contribution in [0.4, 0.5) is 5.69 Å². The molecule has 0 atom stereocenters. The van der Waals surface area contributed by atoms with Gasteiger partial charge in [-0.3, -0.25) is 0 Å². The van der Waals surface area contributed by atoms with Gasteiger partial charge < -0.3 is 10.0 Å². The Morgan fingerprint density at radius 2 is 1.94 bits per heavy atom. The third-order valence-electron chi connectivity index (χ3n) is 2.65. The molecule has 0 radical (unpaired) electrons. The third-order valence-corrected chi connectivity index (χ3v) is 2.65. The van der Waals surface area contributed by atoms with E-state index in [0.29, 0.717) is 5.69 Å². The monoisotopic (exact) mass is 251 g/mol. The lowest BCUT2D eigenvalue weighted by atomic mass is 9.96. The quantitative estimate of drug-likeness (QED) is 0.893. The minimum Gasteiger partial charge on any atom is -0.390 e. The van der Waals surface area contributed by atoms with Crippen molar-refractivity contribution in [2.45, 2.75) is 47.1 Å². The van der Waals surface area contributed by atoms with Crippen LogP contribution in [0, 0.1) is 5.41 Å². The van der Waals surface area contributed by atoms with E-state index >= 15 is 0 Å². The van der Waals surface area contributed by atoms with Gasteiger partial charge in [-0.25, -0.2) is 9.97 Å². The molecule has 0 aliphatic rings. The fourth-order valence-corrected chi connectivity index (χ4v) is 1.94. The first-order valence-corrected chi connectivity index (χ1v) is 6.42. The first-order chi connectivity index (χ1) is 8.24. The molecule has 102 valence electrons. The number of aliphatic hydroxyl groups excluding tert-OH is 1. The van der Waals surface area contributed by atoms with E-state index in [-0.39, 0.29) is 17.9 Å². The average Bonchev–Trinajstić information content (AvgIpc) is 2.25. The molecule has 0 amide bonds. The van der Waals surface area contributed by atoms with Crippen LogP contribution in [-0.2, 0) is 6.61 Å². The van der Waals surface area contributed by atoms with Gasteiger partial charge in [-0.15, -0.1) is 0 Å². The van der Waals surface area contributed by atoms with E-state index in [0.717, 1.165) is 18.1 Å². The highest BCUT2D eigenvalue weighted by molar-refractivity contribution is 5.48. The minimum absolute atomic E-state index is 0.0495. The van der Waals surface area contributed by atoms with Crippen molar-refractivity contribution in [3.8, 4) is 0 Å². The zero-order valence-electron chi connectivity index (χ0n) is 12.4. The Morgan fingerprint density at radius 3 is 2.39 bits per heavy atom. The predicted octanol–water partition coefficient (Wildman–Crippen LogP) is 2.57. The van der Waals surface area contributed by atoms with Gasteiger partial charge in [-0.05, 0) is 5.41 Å². The Hall–Kier alpha value is -1.16. The molecule has 0 fully saturated rings. The van der Waals surface area contributed by atoms with Gasteiger partial charge in [0.2, 0.25) is 0 Å². The van der Waals surface area contributed by atoms with Gasteiger partial charge in [-0.2, -0.15) is 0 Å². The van der Waals surface area contributed by atoms with Crippen LogP contribution in [0.3, 0.4) is 0 Å². The fraction of sp³-hybridized carbons (Fsp3) is 0.714. The molecule has 0 bridgehead atoms. The van der Waals surface area contributed by atoms with Crippen molar-refractivity contribution >= 4 is 5.69 Å². The molecule has 0 aromatic carbocycles. The van der Waals surface area contributed by atoms with Crippen LogP contribution in [0.25, 0.3) is 0 Å². The van der Waals surface area contributed by atoms with Gasteiger partial charge in [-0.1, -0.05) is 34.6 Å². The van der Waals surface area contributed by atoms with E-state index in [4.69, 9.17) is 0 Å². The number of aliphatic hydroxyl groups is 1. The number of hydrogen-bond donors (Lipinski definition) is 1. The van der Waals surface area contributed by atoms with Crippen molar-refractivity contribution in [1.29, 1.82) is 0 Å². The molecule has 1 rings (SSSR count). The molecule has 1 aromatic heterocycles. The molecule has 18 heavy (non-hydrogen) atoms. The number of aromatic nitrogens is 2. The van der Waals surface area contributed by atoms with Crippen LogP contribution in [0.5, 0.6) is 0 Å². The van der Waals surface area contributed by atoms with Crippen molar-refractivity contribution in [2.75, 3.05) is 18.5 Å². The Labute approximate surface area is 110 Å². The van der Waals surface area contributed by atoms with Gasteiger partial charge >= 0.3 is 0 Å². The zero-order valence-corrected chi connectivity index (χ0v) is 12.4. The van der Waals surface area contributed by atoms with Crippen LogP contribution in [0.1, 0.15) is 52.1 Å². The van der Waals surface area contributed by atoms with E-state index in [1.165, 1.54) is 0 Å². The summed E-state index contributed by atoms with van der Waals surface area (Å²) >= 11 is 0. The van der Waals surface area contributed by atoms with E-state index in [2.05, 4.69) is 49.5 Å². The van der Waals surface area contributed by atoms with E-state index in [9.17, 15) is 5.11 Å². The predicted molar refractivity (Wildman–Crippen MR) is 74.8 cm³/mol. The summed E-state index contributed by atoms with van der Waals surface area (Å²) in [7, 11) is 2.01. The normalized spacial score (nSPS) is 12.0. The van der Waals surface area contributed by atoms with Gasteiger partial charge in [0.1, 0.15) is 5.82 Å². The van der Waals surface area contributed by atoms with E-state index in [1.54, 1.807) is 0 Å². The van der Waals surface area contributed by atoms with Crippen molar-refractivity contribution in [2.24, 2.45) is 5.41 Å². The maximum atomic E-state index is 9.45. The molecule has 0 saturated heterocycles. The molecule has 0 spiro atoms. The lowest BCUT2D eigenvalue weighted by molar-refractivity contribution is 0.276. The second-order valence-corrected chi connectivity index (χ2v) is 6.29. The highest BCUT2D eigenvalue weighted by atomic mass is 16.3. The Kier molecular flexibility index (Phi) is 4.68. The molecule has 4 nitrogen and oxygen atoms in total. The second-order valence-electron chi connectivity index (χ2n) is 6.29. The minimum atomic E-state index is -0.0495. The van der Waals surface area contributed by atoms with Crippen LogP contribution in [-0.4, -0.2) is 28.7 Å². The standard InChI is InChI=1S/C14H25N3O/c1-10(2)13-15-7-12(11(8-18)16-13)17(6)9-14(3,4)5/h7,10,18H,8-9H2,1-6H3. The van der Waals surface area contributed by atoms with E-state index < -0.39 is 0 Å². The van der Waals surface area contributed by atoms with Crippen molar-refractivity contribution < 1.29 is 5.11 Å². The molecule has 1 N–H and O–H groups in total. The highest BCUT2D eigenvalue weighted by Crippen LogP contribution is 2.23. The molecule has 0 aliphatic heterocycles. The summed E-state index contributed by atoms with van der Waals surface area (Å²) < 4.78 is 0. The van der Waals surface area contributed by atoms with Crippen LogP contribution in [0.15, 0.2) is 6.20 Å². The molecule has 0 saturated carbocycles. The largest absolute Gasteiger partial charge is 0.390 e. The number of hydrogen-bond acceptors (Lipinski definition) is 4. The fourth-order valence-electron chi connectivity index (χ4n) is 1.94. The summed E-state index contributed by atoms with van der Waals surface area (Å²) in [4.78, 5) is 10.9. The second kappa shape index (κ2) is 5.65. The van der Waals surface area contributed by atoms with Gasteiger partial charge in [0.25, 0.3) is 0 Å².